The van der Waals surface area contributed by atoms with Gasteiger partial charge in [0.1, 0.15) is 0 Å². The lowest BCUT2D eigenvalue weighted by molar-refractivity contribution is -0.122. The minimum atomic E-state index is -1.05. The van der Waals surface area contributed by atoms with Gasteiger partial charge in [-0.25, -0.2) is 4.79 Å². The molecule has 0 aromatic heterocycles. The highest BCUT2D eigenvalue weighted by Crippen LogP contribution is 2.29. The quantitative estimate of drug-likeness (QED) is 0.846. The fraction of sp³-hybridized carbons (Fsp3) is 0.333. The van der Waals surface area contributed by atoms with Crippen LogP contribution in [0.15, 0.2) is 18.2 Å². The van der Waals surface area contributed by atoms with Gasteiger partial charge in [0.25, 0.3) is 0 Å². The Morgan fingerprint density at radius 1 is 1.29 bits per heavy atom. The largest absolute Gasteiger partial charge is 0.493 e. The molecule has 1 N–H and O–H groups in total. The average molecular weight is 238 g/mol. The van der Waals surface area contributed by atoms with Gasteiger partial charge in [-0.3, -0.25) is 4.79 Å². The van der Waals surface area contributed by atoms with Crippen molar-refractivity contribution in [3.8, 4) is 11.5 Å². The van der Waals surface area contributed by atoms with E-state index in [1.165, 1.54) is 32.2 Å². The van der Waals surface area contributed by atoms with Crippen LogP contribution in [-0.4, -0.2) is 30.1 Å². The number of benzene rings is 1. The van der Waals surface area contributed by atoms with E-state index in [1.807, 2.05) is 0 Å². The van der Waals surface area contributed by atoms with Crippen molar-refractivity contribution < 1.29 is 24.2 Å². The Labute approximate surface area is 99.0 Å². The van der Waals surface area contributed by atoms with Gasteiger partial charge in [0, 0.05) is 0 Å². The van der Waals surface area contributed by atoms with Gasteiger partial charge in [0.2, 0.25) is 0 Å². The van der Waals surface area contributed by atoms with Gasteiger partial charge in [-0.1, -0.05) is 0 Å². The molecule has 17 heavy (non-hydrogen) atoms. The molecule has 0 aliphatic rings. The first-order valence-corrected chi connectivity index (χ1v) is 5.04. The van der Waals surface area contributed by atoms with E-state index in [1.54, 1.807) is 6.92 Å². The Balaban J connectivity index is 3.00. The van der Waals surface area contributed by atoms with Gasteiger partial charge in [-0.2, -0.15) is 0 Å². The van der Waals surface area contributed by atoms with Crippen molar-refractivity contribution in [2.75, 3.05) is 7.11 Å². The number of aromatic carboxylic acids is 1. The van der Waals surface area contributed by atoms with E-state index in [0.717, 1.165) is 0 Å². The van der Waals surface area contributed by atoms with E-state index in [0.29, 0.717) is 5.75 Å². The van der Waals surface area contributed by atoms with Crippen LogP contribution in [0.4, 0.5) is 0 Å². The maximum Gasteiger partial charge on any atom is 0.335 e. The first-order valence-electron chi connectivity index (χ1n) is 5.04. The topological polar surface area (TPSA) is 72.8 Å². The zero-order chi connectivity index (χ0) is 13.0. The van der Waals surface area contributed by atoms with Crippen molar-refractivity contribution in [2.45, 2.75) is 20.0 Å². The van der Waals surface area contributed by atoms with Crippen molar-refractivity contribution in [2.24, 2.45) is 0 Å². The van der Waals surface area contributed by atoms with E-state index in [-0.39, 0.29) is 17.1 Å². The first-order chi connectivity index (χ1) is 7.95. The minimum absolute atomic E-state index is 0.102. The maximum absolute atomic E-state index is 11.1. The Morgan fingerprint density at radius 3 is 2.41 bits per heavy atom. The lowest BCUT2D eigenvalue weighted by Gasteiger charge is -2.14. The summed E-state index contributed by atoms with van der Waals surface area (Å²) in [5, 5.41) is 8.82. The number of rotatable bonds is 5. The number of carboxylic acids is 1. The van der Waals surface area contributed by atoms with Crippen LogP contribution in [0.2, 0.25) is 0 Å². The first kappa shape index (κ1) is 13.0. The van der Waals surface area contributed by atoms with Gasteiger partial charge in [-0.15, -0.1) is 0 Å². The highest BCUT2D eigenvalue weighted by atomic mass is 16.5. The van der Waals surface area contributed by atoms with E-state index < -0.39 is 12.1 Å². The predicted octanol–water partition coefficient (Wildman–Crippen LogP) is 1.75. The minimum Gasteiger partial charge on any atom is -0.493 e. The van der Waals surface area contributed by atoms with Crippen LogP contribution in [0.1, 0.15) is 24.2 Å². The molecule has 1 aromatic carbocycles. The summed E-state index contributed by atoms with van der Waals surface area (Å²) in [5.41, 5.74) is 0.102. The van der Waals surface area contributed by atoms with Crippen LogP contribution < -0.4 is 9.47 Å². The molecule has 1 unspecified atom stereocenters. The van der Waals surface area contributed by atoms with Crippen LogP contribution in [0.5, 0.6) is 11.5 Å². The second kappa shape index (κ2) is 5.34. The predicted molar refractivity (Wildman–Crippen MR) is 60.7 cm³/mol. The number of methoxy groups -OCH3 is 1. The second-order valence-corrected chi connectivity index (χ2v) is 3.54. The summed E-state index contributed by atoms with van der Waals surface area (Å²) in [7, 11) is 1.41. The van der Waals surface area contributed by atoms with Crippen LogP contribution in [0.3, 0.4) is 0 Å². The molecule has 1 rings (SSSR count). The fourth-order valence-corrected chi connectivity index (χ4v) is 1.17. The van der Waals surface area contributed by atoms with Gasteiger partial charge in [0.15, 0.2) is 23.4 Å². The molecule has 5 nitrogen and oxygen atoms in total. The van der Waals surface area contributed by atoms with Gasteiger partial charge in [0.05, 0.1) is 12.7 Å². The highest BCUT2D eigenvalue weighted by molar-refractivity contribution is 5.88. The average Bonchev–Trinajstić information content (AvgIpc) is 2.28. The molecule has 0 saturated carbocycles. The molecule has 0 aliphatic heterocycles. The third-order valence-electron chi connectivity index (χ3n) is 2.29. The molecule has 0 saturated heterocycles. The number of hydrogen-bond donors (Lipinski definition) is 1. The maximum atomic E-state index is 11.1. The molecule has 1 atom stereocenters. The molecule has 0 aliphatic carbocycles. The van der Waals surface area contributed by atoms with E-state index in [2.05, 4.69) is 0 Å². The van der Waals surface area contributed by atoms with Crippen molar-refractivity contribution in [1.29, 1.82) is 0 Å². The molecule has 0 fully saturated rings. The zero-order valence-electron chi connectivity index (χ0n) is 9.89. The summed E-state index contributed by atoms with van der Waals surface area (Å²) in [6.45, 7) is 3.04. The molecule has 92 valence electrons. The van der Waals surface area contributed by atoms with Crippen LogP contribution in [0, 0.1) is 0 Å². The van der Waals surface area contributed by atoms with Crippen molar-refractivity contribution in [3.63, 3.8) is 0 Å². The molecule has 0 spiro atoms. The van der Waals surface area contributed by atoms with Gasteiger partial charge in [-0.05, 0) is 32.0 Å². The zero-order valence-corrected chi connectivity index (χ0v) is 9.89. The monoisotopic (exact) mass is 238 g/mol. The van der Waals surface area contributed by atoms with Crippen LogP contribution >= 0.6 is 0 Å². The Bertz CT molecular complexity index is 439. The molecule has 0 radical (unpaired) electrons. The standard InChI is InChI=1S/C12H14O5/c1-7(13)8(2)17-10-5-4-9(12(14)15)6-11(10)16-3/h4-6,8H,1-3H3,(H,14,15). The summed E-state index contributed by atoms with van der Waals surface area (Å²) in [4.78, 5) is 21.8. The number of carbonyl (C=O) groups excluding carboxylic acids is 1. The molecular weight excluding hydrogens is 224 g/mol. The lowest BCUT2D eigenvalue weighted by Crippen LogP contribution is -2.21. The third-order valence-corrected chi connectivity index (χ3v) is 2.29. The van der Waals surface area contributed by atoms with Crippen molar-refractivity contribution in [3.05, 3.63) is 23.8 Å². The summed E-state index contributed by atoms with van der Waals surface area (Å²) in [6, 6.07) is 4.22. The van der Waals surface area contributed by atoms with Crippen LogP contribution in [-0.2, 0) is 4.79 Å². The highest BCUT2D eigenvalue weighted by Gasteiger charge is 2.14. The van der Waals surface area contributed by atoms with E-state index in [9.17, 15) is 9.59 Å². The molecule has 5 heteroatoms. The fourth-order valence-electron chi connectivity index (χ4n) is 1.17. The number of ether oxygens (including phenoxy) is 2. The molecule has 0 bridgehead atoms. The molecule has 1 aromatic rings. The SMILES string of the molecule is COc1cc(C(=O)O)ccc1OC(C)C(C)=O. The molecular formula is C12H14O5. The number of carboxylic acid groups (broad SMARTS) is 1. The number of hydrogen-bond acceptors (Lipinski definition) is 4. The lowest BCUT2D eigenvalue weighted by atomic mass is 10.2. The summed E-state index contributed by atoms with van der Waals surface area (Å²) in [6.07, 6.45) is -0.598. The normalized spacial score (nSPS) is 11.7. The Kier molecular flexibility index (Phi) is 4.09. The smallest absolute Gasteiger partial charge is 0.335 e. The number of carbonyl (C=O) groups is 2. The summed E-state index contributed by atoms with van der Waals surface area (Å²) < 4.78 is 10.4. The Morgan fingerprint density at radius 2 is 1.94 bits per heavy atom. The number of Topliss-reactive ketones (excluding diaryl/α,β-unsaturated/α-hetero) is 1. The molecule has 0 amide bonds. The summed E-state index contributed by atoms with van der Waals surface area (Å²) in [5.74, 6) is -0.526. The Hall–Kier alpha value is -2.04. The van der Waals surface area contributed by atoms with Crippen molar-refractivity contribution >= 4 is 11.8 Å². The summed E-state index contributed by atoms with van der Waals surface area (Å²) >= 11 is 0. The third kappa shape index (κ3) is 3.21. The van der Waals surface area contributed by atoms with Gasteiger partial charge >= 0.3 is 5.97 Å². The number of ketones is 1. The van der Waals surface area contributed by atoms with Crippen molar-refractivity contribution in [1.82, 2.24) is 0 Å². The van der Waals surface area contributed by atoms with Crippen LogP contribution in [0.25, 0.3) is 0 Å². The van der Waals surface area contributed by atoms with E-state index in [4.69, 9.17) is 14.6 Å². The van der Waals surface area contributed by atoms with Gasteiger partial charge < -0.3 is 14.6 Å². The van der Waals surface area contributed by atoms with E-state index >= 15 is 0 Å². The molecule has 0 heterocycles. The second-order valence-electron chi connectivity index (χ2n) is 3.54.